The van der Waals surface area contributed by atoms with Gasteiger partial charge in [-0.15, -0.1) is 12.4 Å². The van der Waals surface area contributed by atoms with Gasteiger partial charge in [0.2, 0.25) is 0 Å². The molecular formula is C19H27ClN2O3. The van der Waals surface area contributed by atoms with Crippen LogP contribution in [-0.2, 0) is 11.3 Å². The molecule has 138 valence electrons. The summed E-state index contributed by atoms with van der Waals surface area (Å²) >= 11 is 0. The van der Waals surface area contributed by atoms with E-state index < -0.39 is 0 Å². The van der Waals surface area contributed by atoms with Crippen LogP contribution >= 0.6 is 12.4 Å². The Balaban J connectivity index is 0.00000225. The summed E-state index contributed by atoms with van der Waals surface area (Å²) in [6.07, 6.45) is 3.30. The number of amides is 1. The molecule has 0 radical (unpaired) electrons. The van der Waals surface area contributed by atoms with Crippen molar-refractivity contribution < 1.29 is 13.9 Å². The average molecular weight is 367 g/mol. The summed E-state index contributed by atoms with van der Waals surface area (Å²) in [5, 5.41) is 4.17. The third-order valence-corrected chi connectivity index (χ3v) is 4.89. The van der Waals surface area contributed by atoms with Gasteiger partial charge in [-0.25, -0.2) is 0 Å². The van der Waals surface area contributed by atoms with Gasteiger partial charge in [0.05, 0.1) is 6.61 Å². The highest BCUT2D eigenvalue weighted by Crippen LogP contribution is 2.29. The van der Waals surface area contributed by atoms with E-state index in [4.69, 9.17) is 9.15 Å². The van der Waals surface area contributed by atoms with E-state index in [-0.39, 0.29) is 18.3 Å². The number of likely N-dealkylation sites (tertiary alicyclic amines) is 1. The number of nitrogens with one attached hydrogen (secondary N) is 1. The minimum absolute atomic E-state index is 0. The van der Waals surface area contributed by atoms with Crippen molar-refractivity contribution in [2.45, 2.75) is 25.9 Å². The normalized spacial score (nSPS) is 15.4. The van der Waals surface area contributed by atoms with Crippen molar-refractivity contribution in [3.05, 3.63) is 35.6 Å². The lowest BCUT2D eigenvalue weighted by atomic mass is 9.93. The maximum absolute atomic E-state index is 12.9. The average Bonchev–Trinajstić information content (AvgIpc) is 2.99. The zero-order valence-electron chi connectivity index (χ0n) is 14.9. The molecule has 1 aliphatic rings. The van der Waals surface area contributed by atoms with Crippen LogP contribution in [0.5, 0.6) is 0 Å². The molecule has 1 aliphatic heterocycles. The standard InChI is InChI=1S/C19H26N2O3.ClH/c1-20-10-7-14-8-11-21(12-9-14)19(22)18-16(13-23-2)15-5-3-4-6-17(15)24-18;/h3-6,14,20H,7-13H2,1-2H3;1H. The van der Waals surface area contributed by atoms with Gasteiger partial charge in [-0.3, -0.25) is 4.79 Å². The molecule has 0 saturated carbocycles. The fourth-order valence-electron chi connectivity index (χ4n) is 3.48. The number of ether oxygens (including phenoxy) is 1. The van der Waals surface area contributed by atoms with E-state index in [1.807, 2.05) is 36.2 Å². The Morgan fingerprint density at radius 3 is 2.72 bits per heavy atom. The summed E-state index contributed by atoms with van der Waals surface area (Å²) in [5.41, 5.74) is 1.60. The van der Waals surface area contributed by atoms with Gasteiger partial charge in [-0.1, -0.05) is 18.2 Å². The van der Waals surface area contributed by atoms with Gasteiger partial charge in [-0.2, -0.15) is 0 Å². The monoisotopic (exact) mass is 366 g/mol. The number of hydrogen-bond acceptors (Lipinski definition) is 4. The highest BCUT2D eigenvalue weighted by molar-refractivity contribution is 5.99. The number of para-hydroxylation sites is 1. The maximum atomic E-state index is 12.9. The van der Waals surface area contributed by atoms with Crippen LogP contribution in [0.1, 0.15) is 35.4 Å². The van der Waals surface area contributed by atoms with Gasteiger partial charge in [0.15, 0.2) is 5.76 Å². The second kappa shape index (κ2) is 9.22. The molecule has 1 fully saturated rings. The molecule has 0 bridgehead atoms. The van der Waals surface area contributed by atoms with Crippen molar-refractivity contribution in [1.29, 1.82) is 0 Å². The molecule has 1 N–H and O–H groups in total. The molecule has 2 aromatic rings. The number of carbonyl (C=O) groups is 1. The molecule has 0 spiro atoms. The lowest BCUT2D eigenvalue weighted by molar-refractivity contribution is 0.0651. The predicted molar refractivity (Wildman–Crippen MR) is 101 cm³/mol. The molecule has 3 rings (SSSR count). The Morgan fingerprint density at radius 2 is 2.04 bits per heavy atom. The molecule has 0 aliphatic carbocycles. The minimum atomic E-state index is -0.00897. The second-order valence-corrected chi connectivity index (χ2v) is 6.47. The van der Waals surface area contributed by atoms with E-state index in [0.29, 0.717) is 18.3 Å². The number of carbonyl (C=O) groups excluding carboxylic acids is 1. The van der Waals surface area contributed by atoms with Crippen LogP contribution in [-0.4, -0.2) is 44.6 Å². The molecule has 1 saturated heterocycles. The molecule has 25 heavy (non-hydrogen) atoms. The van der Waals surface area contributed by atoms with Crippen molar-refractivity contribution in [2.75, 3.05) is 33.8 Å². The number of piperidine rings is 1. The van der Waals surface area contributed by atoms with Crippen molar-refractivity contribution >= 4 is 29.3 Å². The van der Waals surface area contributed by atoms with E-state index in [1.54, 1.807) is 7.11 Å². The molecule has 1 aromatic carbocycles. The summed E-state index contributed by atoms with van der Waals surface area (Å²) in [7, 11) is 3.63. The van der Waals surface area contributed by atoms with Crippen LogP contribution in [0, 0.1) is 5.92 Å². The predicted octanol–water partition coefficient (Wildman–Crippen LogP) is 3.46. The zero-order chi connectivity index (χ0) is 16.9. The third kappa shape index (κ3) is 4.35. The highest BCUT2D eigenvalue weighted by Gasteiger charge is 2.28. The first-order valence-electron chi connectivity index (χ1n) is 8.67. The Labute approximate surface area is 155 Å². The van der Waals surface area contributed by atoms with Gasteiger partial charge in [-0.05, 0) is 44.8 Å². The molecular weight excluding hydrogens is 340 g/mol. The Bertz CT molecular complexity index is 693. The van der Waals surface area contributed by atoms with E-state index in [1.165, 1.54) is 6.42 Å². The fraction of sp³-hybridized carbons (Fsp3) is 0.526. The number of methoxy groups -OCH3 is 1. The number of halogens is 1. The van der Waals surface area contributed by atoms with Crippen LogP contribution in [0.15, 0.2) is 28.7 Å². The summed E-state index contributed by atoms with van der Waals surface area (Å²) in [4.78, 5) is 14.9. The number of benzene rings is 1. The third-order valence-electron chi connectivity index (χ3n) is 4.89. The number of furan rings is 1. The lowest BCUT2D eigenvalue weighted by Crippen LogP contribution is -2.39. The van der Waals surface area contributed by atoms with Crippen molar-refractivity contribution in [3.63, 3.8) is 0 Å². The topological polar surface area (TPSA) is 54.7 Å². The van der Waals surface area contributed by atoms with Crippen molar-refractivity contribution in [2.24, 2.45) is 5.92 Å². The van der Waals surface area contributed by atoms with Gasteiger partial charge in [0.25, 0.3) is 5.91 Å². The van der Waals surface area contributed by atoms with Crippen LogP contribution < -0.4 is 5.32 Å². The Hall–Kier alpha value is -1.56. The summed E-state index contributed by atoms with van der Waals surface area (Å²) in [6.45, 7) is 3.03. The zero-order valence-corrected chi connectivity index (χ0v) is 15.7. The first-order valence-corrected chi connectivity index (χ1v) is 8.67. The van der Waals surface area contributed by atoms with Gasteiger partial charge < -0.3 is 19.4 Å². The number of fused-ring (bicyclic) bond motifs is 1. The lowest BCUT2D eigenvalue weighted by Gasteiger charge is -2.31. The van der Waals surface area contributed by atoms with E-state index >= 15 is 0 Å². The van der Waals surface area contributed by atoms with Crippen LogP contribution in [0.25, 0.3) is 11.0 Å². The van der Waals surface area contributed by atoms with E-state index in [0.717, 1.165) is 49.0 Å². The van der Waals surface area contributed by atoms with Gasteiger partial charge in [0, 0.05) is 31.1 Å². The molecule has 0 atom stereocenters. The van der Waals surface area contributed by atoms with Gasteiger partial charge >= 0.3 is 0 Å². The summed E-state index contributed by atoms with van der Waals surface area (Å²) < 4.78 is 11.2. The quantitative estimate of drug-likeness (QED) is 0.850. The van der Waals surface area contributed by atoms with Crippen molar-refractivity contribution in [3.8, 4) is 0 Å². The molecule has 1 aromatic heterocycles. The maximum Gasteiger partial charge on any atom is 0.289 e. The van der Waals surface area contributed by atoms with Crippen molar-refractivity contribution in [1.82, 2.24) is 10.2 Å². The SMILES string of the molecule is CNCCC1CCN(C(=O)c2oc3ccccc3c2COC)CC1.Cl. The van der Waals surface area contributed by atoms with Crippen LogP contribution in [0.3, 0.4) is 0 Å². The molecule has 2 heterocycles. The number of rotatable bonds is 6. The van der Waals surface area contributed by atoms with E-state index in [9.17, 15) is 4.79 Å². The Morgan fingerprint density at radius 1 is 1.32 bits per heavy atom. The summed E-state index contributed by atoms with van der Waals surface area (Å²) in [5.74, 6) is 1.13. The first-order chi connectivity index (χ1) is 11.7. The number of hydrogen-bond donors (Lipinski definition) is 1. The Kier molecular flexibility index (Phi) is 7.29. The number of nitrogens with zero attached hydrogens (tertiary/aromatic N) is 1. The van der Waals surface area contributed by atoms with Crippen LogP contribution in [0.2, 0.25) is 0 Å². The van der Waals surface area contributed by atoms with E-state index in [2.05, 4.69) is 5.32 Å². The van der Waals surface area contributed by atoms with Crippen LogP contribution in [0.4, 0.5) is 0 Å². The minimum Gasteiger partial charge on any atom is -0.451 e. The highest BCUT2D eigenvalue weighted by atomic mass is 35.5. The molecule has 1 amide bonds. The fourth-order valence-corrected chi connectivity index (χ4v) is 3.48. The largest absolute Gasteiger partial charge is 0.451 e. The first kappa shape index (κ1) is 19.8. The van der Waals surface area contributed by atoms with Gasteiger partial charge in [0.1, 0.15) is 5.58 Å². The molecule has 0 unspecified atom stereocenters. The smallest absolute Gasteiger partial charge is 0.289 e. The second-order valence-electron chi connectivity index (χ2n) is 6.47. The molecule has 6 heteroatoms. The molecule has 5 nitrogen and oxygen atoms in total. The summed E-state index contributed by atoms with van der Waals surface area (Å²) in [6, 6.07) is 7.76.